The maximum absolute atomic E-state index is 2.30. The van der Waals surface area contributed by atoms with E-state index in [2.05, 4.69) is 13.8 Å². The van der Waals surface area contributed by atoms with Crippen LogP contribution in [0.1, 0.15) is 90.9 Å². The summed E-state index contributed by atoms with van der Waals surface area (Å²) < 4.78 is 0. The summed E-state index contributed by atoms with van der Waals surface area (Å²) in [5.41, 5.74) is 0. The van der Waals surface area contributed by atoms with Gasteiger partial charge in [-0.3, -0.25) is 0 Å². The van der Waals surface area contributed by atoms with Gasteiger partial charge in [0, 0.05) is 0 Å². The second-order valence-electron chi connectivity index (χ2n) is 5.60. The molecule has 0 aliphatic heterocycles. The Morgan fingerprint density at radius 2 is 0.824 bits per heavy atom. The fraction of sp³-hybridized carbons (Fsp3) is 1.00. The Kier molecular flexibility index (Phi) is 17.2. The molecule has 17 heavy (non-hydrogen) atoms. The standard InChI is InChI=1S/2C8H17.Zn/c2*1-3-5-7-8-6-4-2;/h2*1,3-8H2,2H3;. The van der Waals surface area contributed by atoms with Crippen molar-refractivity contribution in [2.24, 2.45) is 0 Å². The van der Waals surface area contributed by atoms with Crippen molar-refractivity contribution in [3.8, 4) is 0 Å². The van der Waals surface area contributed by atoms with Crippen molar-refractivity contribution in [2.75, 3.05) is 0 Å². The Bertz CT molecular complexity index is 109. The van der Waals surface area contributed by atoms with Crippen LogP contribution in [0.4, 0.5) is 0 Å². The molecule has 0 N–H and O–H groups in total. The molecule has 1 heteroatoms. The van der Waals surface area contributed by atoms with Gasteiger partial charge < -0.3 is 0 Å². The first-order valence-corrected chi connectivity index (χ1v) is 12.6. The van der Waals surface area contributed by atoms with Gasteiger partial charge in [0.1, 0.15) is 0 Å². The van der Waals surface area contributed by atoms with Crippen molar-refractivity contribution in [1.82, 2.24) is 0 Å². The third-order valence-electron chi connectivity index (χ3n) is 3.71. The molecule has 0 atom stereocenters. The Morgan fingerprint density at radius 3 is 1.24 bits per heavy atom. The Hall–Kier alpha value is 0.623. The molecule has 0 unspecified atom stereocenters. The number of rotatable bonds is 14. The van der Waals surface area contributed by atoms with E-state index < -0.39 is 0 Å². The molecule has 0 fully saturated rings. The normalized spacial score (nSPS) is 10.5. The van der Waals surface area contributed by atoms with Crippen LogP contribution in [0.2, 0.25) is 10.0 Å². The molecule has 0 rings (SSSR count). The second-order valence-corrected chi connectivity index (χ2v) is 10.0. The molecule has 0 saturated carbocycles. The van der Waals surface area contributed by atoms with Crippen LogP contribution in [0.25, 0.3) is 0 Å². The molecule has 0 bridgehead atoms. The van der Waals surface area contributed by atoms with E-state index in [1.807, 2.05) is 0 Å². The molecule has 0 radical (unpaired) electrons. The van der Waals surface area contributed by atoms with E-state index in [0.717, 1.165) is 0 Å². The van der Waals surface area contributed by atoms with Crippen molar-refractivity contribution in [3.05, 3.63) is 0 Å². The average molecular weight is 292 g/mol. The number of hydrogen-bond acceptors (Lipinski definition) is 0. The quantitative estimate of drug-likeness (QED) is 0.249. The minimum atomic E-state index is -0.0720. The monoisotopic (exact) mass is 290 g/mol. The van der Waals surface area contributed by atoms with Crippen LogP contribution in [-0.2, 0) is 17.1 Å². The molecule has 0 spiro atoms. The second kappa shape index (κ2) is 16.6. The first-order valence-electron chi connectivity index (χ1n) is 8.41. The first kappa shape index (κ1) is 17.6. The SMILES string of the molecule is CCCCCCC[CH2][Zn][CH2]CCCCCCC. The van der Waals surface area contributed by atoms with E-state index in [0.29, 0.717) is 0 Å². The fourth-order valence-corrected chi connectivity index (χ4v) is 6.15. The van der Waals surface area contributed by atoms with Gasteiger partial charge in [0.25, 0.3) is 0 Å². The summed E-state index contributed by atoms with van der Waals surface area (Å²) in [5.74, 6) is 0. The van der Waals surface area contributed by atoms with Crippen LogP contribution in [0.3, 0.4) is 0 Å². The zero-order valence-electron chi connectivity index (χ0n) is 12.6. The topological polar surface area (TPSA) is 0 Å². The Balaban J connectivity index is 2.85. The third-order valence-corrected chi connectivity index (χ3v) is 7.90. The Labute approximate surface area is 118 Å². The van der Waals surface area contributed by atoms with Crippen LogP contribution < -0.4 is 0 Å². The molecule has 0 heterocycles. The van der Waals surface area contributed by atoms with E-state index in [9.17, 15) is 0 Å². The van der Waals surface area contributed by atoms with Gasteiger partial charge in [-0.05, 0) is 0 Å². The van der Waals surface area contributed by atoms with E-state index in [-0.39, 0.29) is 17.1 Å². The van der Waals surface area contributed by atoms with Gasteiger partial charge in [-0.15, -0.1) is 0 Å². The van der Waals surface area contributed by atoms with Gasteiger partial charge in [-0.2, -0.15) is 0 Å². The van der Waals surface area contributed by atoms with E-state index >= 15 is 0 Å². The van der Waals surface area contributed by atoms with Gasteiger partial charge in [-0.1, -0.05) is 0 Å². The predicted octanol–water partition coefficient (Wildman–Crippen LogP) is 6.63. The third kappa shape index (κ3) is 16.6. The molecule has 100 valence electrons. The molecule has 0 aromatic rings. The summed E-state index contributed by atoms with van der Waals surface area (Å²) in [6.07, 6.45) is 17.9. The van der Waals surface area contributed by atoms with Gasteiger partial charge in [-0.25, -0.2) is 0 Å². The van der Waals surface area contributed by atoms with Gasteiger partial charge in [0.15, 0.2) is 0 Å². The minimum absolute atomic E-state index is 0.0720. The molecular weight excluding hydrogens is 258 g/mol. The average Bonchev–Trinajstić information content (AvgIpc) is 2.35. The van der Waals surface area contributed by atoms with Crippen molar-refractivity contribution < 1.29 is 17.1 Å². The van der Waals surface area contributed by atoms with Crippen molar-refractivity contribution in [1.29, 1.82) is 0 Å². The number of hydrogen-bond donors (Lipinski definition) is 0. The molecular formula is C16H34Zn. The van der Waals surface area contributed by atoms with E-state index in [1.54, 1.807) is 22.9 Å². The van der Waals surface area contributed by atoms with Gasteiger partial charge in [0.05, 0.1) is 0 Å². The van der Waals surface area contributed by atoms with E-state index in [4.69, 9.17) is 0 Å². The van der Waals surface area contributed by atoms with Crippen molar-refractivity contribution in [3.63, 3.8) is 0 Å². The van der Waals surface area contributed by atoms with Crippen LogP contribution in [0, 0.1) is 0 Å². The van der Waals surface area contributed by atoms with Gasteiger partial charge in [0.2, 0.25) is 0 Å². The van der Waals surface area contributed by atoms with Crippen LogP contribution in [-0.4, -0.2) is 0 Å². The van der Waals surface area contributed by atoms with Crippen LogP contribution in [0.5, 0.6) is 0 Å². The molecule has 0 nitrogen and oxygen atoms in total. The molecule has 0 aliphatic rings. The molecule has 0 saturated heterocycles. The summed E-state index contributed by atoms with van der Waals surface area (Å²) in [6, 6.07) is 0. The number of unbranched alkanes of at least 4 members (excludes halogenated alkanes) is 10. The summed E-state index contributed by atoms with van der Waals surface area (Å²) in [4.78, 5) is 0. The van der Waals surface area contributed by atoms with Crippen molar-refractivity contribution >= 4 is 0 Å². The molecule has 0 aliphatic carbocycles. The maximum atomic E-state index is 2.30. The van der Waals surface area contributed by atoms with E-state index in [1.165, 1.54) is 64.2 Å². The summed E-state index contributed by atoms with van der Waals surface area (Å²) in [6.45, 7) is 4.60. The van der Waals surface area contributed by atoms with Crippen LogP contribution >= 0.6 is 0 Å². The van der Waals surface area contributed by atoms with Crippen molar-refractivity contribution in [2.45, 2.75) is 101 Å². The summed E-state index contributed by atoms with van der Waals surface area (Å²) in [7, 11) is 0. The first-order chi connectivity index (χ1) is 8.41. The molecule has 0 amide bonds. The summed E-state index contributed by atoms with van der Waals surface area (Å²) in [5, 5.41) is 3.35. The van der Waals surface area contributed by atoms with Crippen LogP contribution in [0.15, 0.2) is 0 Å². The zero-order valence-corrected chi connectivity index (χ0v) is 15.6. The fourth-order valence-electron chi connectivity index (χ4n) is 2.44. The molecule has 0 aromatic carbocycles. The zero-order chi connectivity index (χ0) is 12.6. The predicted molar refractivity (Wildman–Crippen MR) is 76.4 cm³/mol. The summed E-state index contributed by atoms with van der Waals surface area (Å²) >= 11 is -0.0720. The van der Waals surface area contributed by atoms with Gasteiger partial charge >= 0.3 is 118 Å². The molecule has 0 aromatic heterocycles. The Morgan fingerprint density at radius 1 is 0.471 bits per heavy atom.